The Morgan fingerprint density at radius 2 is 1.91 bits per heavy atom. The number of benzene rings is 2. The number of amides is 1. The highest BCUT2D eigenvalue weighted by molar-refractivity contribution is 5.92. The zero-order valence-corrected chi connectivity index (χ0v) is 19.2. The molecule has 7 heteroatoms. The van der Waals surface area contributed by atoms with Gasteiger partial charge in [-0.2, -0.15) is 5.10 Å². The van der Waals surface area contributed by atoms with Crippen LogP contribution in [0.5, 0.6) is 11.5 Å². The van der Waals surface area contributed by atoms with E-state index in [4.69, 9.17) is 4.74 Å². The van der Waals surface area contributed by atoms with Gasteiger partial charge in [0.15, 0.2) is 11.6 Å². The number of H-pyrrole nitrogens is 1. The maximum absolute atomic E-state index is 13.7. The number of aromatic nitrogens is 2. The third kappa shape index (κ3) is 6.42. The standard InChI is InChI=1S/C26H31FN4O2/c1-18(2)15-21-16-22(30-29-21)17-31-13-11-19(12-14-31)26(32)28-20-7-9-23(10-8-20)33-25-6-4-3-5-24(25)27/h3-10,16,18-19H,11-15,17H2,1-2H3,(H,28,32)(H,29,30). The Hall–Kier alpha value is -3.19. The molecule has 0 aliphatic carbocycles. The van der Waals surface area contributed by atoms with E-state index in [9.17, 15) is 9.18 Å². The van der Waals surface area contributed by atoms with Gasteiger partial charge in [0.05, 0.1) is 5.69 Å². The summed E-state index contributed by atoms with van der Waals surface area (Å²) in [7, 11) is 0. The van der Waals surface area contributed by atoms with Gasteiger partial charge in [-0.15, -0.1) is 0 Å². The van der Waals surface area contributed by atoms with Crippen LogP contribution < -0.4 is 10.1 Å². The maximum atomic E-state index is 13.7. The van der Waals surface area contributed by atoms with E-state index in [2.05, 4.69) is 40.3 Å². The van der Waals surface area contributed by atoms with Gasteiger partial charge in [0.2, 0.25) is 5.91 Å². The summed E-state index contributed by atoms with van der Waals surface area (Å²) in [6.45, 7) is 6.98. The number of para-hydroxylation sites is 1. The molecule has 2 heterocycles. The number of piperidine rings is 1. The molecule has 1 aliphatic rings. The van der Waals surface area contributed by atoms with Crippen LogP contribution in [0.2, 0.25) is 0 Å². The summed E-state index contributed by atoms with van der Waals surface area (Å²) in [4.78, 5) is 15.1. The third-order valence-electron chi connectivity index (χ3n) is 5.84. The Morgan fingerprint density at radius 1 is 1.18 bits per heavy atom. The summed E-state index contributed by atoms with van der Waals surface area (Å²) in [6.07, 6.45) is 2.63. The van der Waals surface area contributed by atoms with Gasteiger partial charge in [-0.1, -0.05) is 26.0 Å². The Labute approximate surface area is 194 Å². The first kappa shape index (κ1) is 23.0. The molecule has 3 aromatic rings. The van der Waals surface area contributed by atoms with Gasteiger partial charge in [0.25, 0.3) is 0 Å². The lowest BCUT2D eigenvalue weighted by Gasteiger charge is -2.30. The van der Waals surface area contributed by atoms with Gasteiger partial charge in [-0.05, 0) is 80.7 Å². The maximum Gasteiger partial charge on any atom is 0.227 e. The number of ether oxygens (including phenoxy) is 1. The summed E-state index contributed by atoms with van der Waals surface area (Å²) < 4.78 is 19.3. The van der Waals surface area contributed by atoms with Crippen LogP contribution in [-0.2, 0) is 17.8 Å². The molecule has 174 valence electrons. The molecule has 0 bridgehead atoms. The molecule has 1 fully saturated rings. The molecule has 4 rings (SSSR count). The molecule has 0 atom stereocenters. The molecule has 0 unspecified atom stereocenters. The number of halogens is 1. The fourth-order valence-electron chi connectivity index (χ4n) is 4.11. The van der Waals surface area contributed by atoms with Crippen molar-refractivity contribution in [2.24, 2.45) is 11.8 Å². The molecule has 0 radical (unpaired) electrons. The zero-order valence-electron chi connectivity index (χ0n) is 19.2. The predicted octanol–water partition coefficient (Wildman–Crippen LogP) is 5.39. The van der Waals surface area contributed by atoms with E-state index >= 15 is 0 Å². The zero-order chi connectivity index (χ0) is 23.2. The first-order valence-electron chi connectivity index (χ1n) is 11.5. The van der Waals surface area contributed by atoms with Crippen LogP contribution >= 0.6 is 0 Å². The van der Waals surface area contributed by atoms with Crippen molar-refractivity contribution in [1.29, 1.82) is 0 Å². The second-order valence-corrected chi connectivity index (χ2v) is 9.08. The number of nitrogens with one attached hydrogen (secondary N) is 2. The number of rotatable bonds is 8. The van der Waals surface area contributed by atoms with Gasteiger partial charge >= 0.3 is 0 Å². The Balaban J connectivity index is 1.23. The van der Waals surface area contributed by atoms with E-state index in [1.807, 2.05) is 0 Å². The largest absolute Gasteiger partial charge is 0.454 e. The normalized spacial score (nSPS) is 15.0. The summed E-state index contributed by atoms with van der Waals surface area (Å²) in [5.74, 6) is 0.900. The van der Waals surface area contributed by atoms with E-state index < -0.39 is 5.82 Å². The van der Waals surface area contributed by atoms with Crippen molar-refractivity contribution in [3.8, 4) is 11.5 Å². The van der Waals surface area contributed by atoms with Gasteiger partial charge in [-0.25, -0.2) is 4.39 Å². The number of hydrogen-bond acceptors (Lipinski definition) is 4. The highest BCUT2D eigenvalue weighted by Gasteiger charge is 2.25. The number of hydrogen-bond donors (Lipinski definition) is 2. The van der Waals surface area contributed by atoms with Crippen LogP contribution in [0.1, 0.15) is 38.1 Å². The number of carbonyl (C=O) groups excluding carboxylic acids is 1. The van der Waals surface area contributed by atoms with Gasteiger partial charge in [0, 0.05) is 23.8 Å². The summed E-state index contributed by atoms with van der Waals surface area (Å²) in [6, 6.07) is 15.4. The van der Waals surface area contributed by atoms with Crippen molar-refractivity contribution in [3.63, 3.8) is 0 Å². The van der Waals surface area contributed by atoms with E-state index in [0.717, 1.165) is 50.3 Å². The minimum absolute atomic E-state index is 0.00569. The van der Waals surface area contributed by atoms with Crippen LogP contribution in [-0.4, -0.2) is 34.1 Å². The molecule has 1 aromatic heterocycles. The lowest BCUT2D eigenvalue weighted by molar-refractivity contribution is -0.121. The molecular formula is C26H31FN4O2. The second-order valence-electron chi connectivity index (χ2n) is 9.08. The van der Waals surface area contributed by atoms with Crippen molar-refractivity contribution in [1.82, 2.24) is 15.1 Å². The predicted molar refractivity (Wildman–Crippen MR) is 127 cm³/mol. The molecule has 1 amide bonds. The van der Waals surface area contributed by atoms with E-state index in [-0.39, 0.29) is 17.6 Å². The fraction of sp³-hybridized carbons (Fsp3) is 0.385. The molecule has 2 N–H and O–H groups in total. The average molecular weight is 451 g/mol. The van der Waals surface area contributed by atoms with E-state index in [1.54, 1.807) is 42.5 Å². The highest BCUT2D eigenvalue weighted by atomic mass is 19.1. The smallest absolute Gasteiger partial charge is 0.227 e. The average Bonchev–Trinajstić information content (AvgIpc) is 3.23. The van der Waals surface area contributed by atoms with Crippen molar-refractivity contribution in [2.45, 2.75) is 39.7 Å². The van der Waals surface area contributed by atoms with Crippen LogP contribution in [0.3, 0.4) is 0 Å². The summed E-state index contributed by atoms with van der Waals surface area (Å²) in [5.41, 5.74) is 2.95. The van der Waals surface area contributed by atoms with Gasteiger partial charge < -0.3 is 10.1 Å². The highest BCUT2D eigenvalue weighted by Crippen LogP contribution is 2.26. The first-order valence-corrected chi connectivity index (χ1v) is 11.5. The SMILES string of the molecule is CC(C)Cc1cc(CN2CCC(C(=O)Nc3ccc(Oc4ccccc4F)cc3)CC2)[nH]n1. The van der Waals surface area contributed by atoms with Crippen molar-refractivity contribution < 1.29 is 13.9 Å². The lowest BCUT2D eigenvalue weighted by Crippen LogP contribution is -2.37. The molecule has 0 saturated carbocycles. The number of anilines is 1. The molecule has 1 aliphatic heterocycles. The number of likely N-dealkylation sites (tertiary alicyclic amines) is 1. The fourth-order valence-corrected chi connectivity index (χ4v) is 4.11. The lowest BCUT2D eigenvalue weighted by atomic mass is 9.95. The quantitative estimate of drug-likeness (QED) is 0.483. The summed E-state index contributed by atoms with van der Waals surface area (Å²) in [5, 5.41) is 10.5. The monoisotopic (exact) mass is 450 g/mol. The van der Waals surface area contributed by atoms with Crippen LogP contribution in [0.25, 0.3) is 0 Å². The molecule has 2 aromatic carbocycles. The van der Waals surface area contributed by atoms with Crippen LogP contribution in [0.4, 0.5) is 10.1 Å². The van der Waals surface area contributed by atoms with Crippen molar-refractivity contribution in [2.75, 3.05) is 18.4 Å². The first-order chi connectivity index (χ1) is 16.0. The van der Waals surface area contributed by atoms with Gasteiger partial charge in [0.1, 0.15) is 5.75 Å². The minimum atomic E-state index is -0.412. The molecule has 6 nitrogen and oxygen atoms in total. The number of carbonyl (C=O) groups is 1. The van der Waals surface area contributed by atoms with Crippen LogP contribution in [0.15, 0.2) is 54.6 Å². The van der Waals surface area contributed by atoms with E-state index in [0.29, 0.717) is 17.4 Å². The number of aromatic amines is 1. The van der Waals surface area contributed by atoms with Crippen LogP contribution in [0, 0.1) is 17.7 Å². The molecule has 1 saturated heterocycles. The third-order valence-corrected chi connectivity index (χ3v) is 5.84. The van der Waals surface area contributed by atoms with Crippen molar-refractivity contribution in [3.05, 3.63) is 71.8 Å². The Kier molecular flexibility index (Phi) is 7.40. The number of nitrogens with zero attached hydrogens (tertiary/aromatic N) is 2. The minimum Gasteiger partial charge on any atom is -0.454 e. The second kappa shape index (κ2) is 10.6. The topological polar surface area (TPSA) is 70.2 Å². The van der Waals surface area contributed by atoms with E-state index in [1.165, 1.54) is 6.07 Å². The summed E-state index contributed by atoms with van der Waals surface area (Å²) >= 11 is 0. The van der Waals surface area contributed by atoms with Gasteiger partial charge in [-0.3, -0.25) is 14.8 Å². The molecular weight excluding hydrogens is 419 g/mol. The Bertz CT molecular complexity index is 1060. The molecule has 0 spiro atoms. The van der Waals surface area contributed by atoms with Crippen molar-refractivity contribution >= 4 is 11.6 Å². The Morgan fingerprint density at radius 3 is 2.61 bits per heavy atom. The molecule has 33 heavy (non-hydrogen) atoms.